The summed E-state index contributed by atoms with van der Waals surface area (Å²) in [6.45, 7) is 2.95. The van der Waals surface area contributed by atoms with Crippen molar-refractivity contribution in [3.05, 3.63) is 90.0 Å². The highest BCUT2D eigenvalue weighted by Crippen LogP contribution is 2.20. The van der Waals surface area contributed by atoms with Crippen molar-refractivity contribution in [3.63, 3.8) is 0 Å². The van der Waals surface area contributed by atoms with E-state index in [1.165, 1.54) is 0 Å². The molecular formula is C21H22N4O. The zero-order valence-electron chi connectivity index (χ0n) is 15.0. The van der Waals surface area contributed by atoms with E-state index < -0.39 is 0 Å². The Kier molecular flexibility index (Phi) is 5.59. The summed E-state index contributed by atoms with van der Waals surface area (Å²) < 4.78 is 0. The number of hydrogen-bond acceptors (Lipinski definition) is 3. The van der Waals surface area contributed by atoms with Crippen LogP contribution >= 0.6 is 0 Å². The van der Waals surface area contributed by atoms with Gasteiger partial charge in [0.2, 0.25) is 0 Å². The van der Waals surface area contributed by atoms with E-state index in [2.05, 4.69) is 9.97 Å². The van der Waals surface area contributed by atoms with Gasteiger partial charge in [-0.05, 0) is 24.6 Å². The monoisotopic (exact) mass is 346 g/mol. The van der Waals surface area contributed by atoms with E-state index in [0.29, 0.717) is 13.1 Å². The molecule has 26 heavy (non-hydrogen) atoms. The van der Waals surface area contributed by atoms with E-state index >= 15 is 0 Å². The topological polar surface area (TPSA) is 49.3 Å². The highest BCUT2D eigenvalue weighted by Gasteiger charge is 2.20. The van der Waals surface area contributed by atoms with E-state index in [0.717, 1.165) is 22.5 Å². The van der Waals surface area contributed by atoms with Gasteiger partial charge >= 0.3 is 6.03 Å². The summed E-state index contributed by atoms with van der Waals surface area (Å²) in [5.41, 5.74) is 3.87. The molecule has 0 bridgehead atoms. The number of benzene rings is 2. The lowest BCUT2D eigenvalue weighted by Gasteiger charge is -2.28. The van der Waals surface area contributed by atoms with E-state index in [4.69, 9.17) is 0 Å². The van der Waals surface area contributed by atoms with Crippen LogP contribution in [0.25, 0.3) is 0 Å². The van der Waals surface area contributed by atoms with Gasteiger partial charge in [0.25, 0.3) is 0 Å². The normalized spacial score (nSPS) is 10.4. The molecule has 0 atom stereocenters. The third kappa shape index (κ3) is 4.45. The Morgan fingerprint density at radius 2 is 1.69 bits per heavy atom. The van der Waals surface area contributed by atoms with Crippen molar-refractivity contribution in [2.45, 2.75) is 20.0 Å². The van der Waals surface area contributed by atoms with Crippen LogP contribution in [0.3, 0.4) is 0 Å². The first-order chi connectivity index (χ1) is 12.6. The molecule has 0 N–H and O–H groups in total. The molecule has 0 aliphatic carbocycles. The highest BCUT2D eigenvalue weighted by atomic mass is 16.2. The molecule has 3 rings (SSSR count). The molecule has 1 heterocycles. The zero-order valence-corrected chi connectivity index (χ0v) is 15.0. The van der Waals surface area contributed by atoms with Crippen LogP contribution in [-0.4, -0.2) is 27.9 Å². The summed E-state index contributed by atoms with van der Waals surface area (Å²) in [6, 6.07) is 17.9. The van der Waals surface area contributed by atoms with Crippen molar-refractivity contribution >= 4 is 11.7 Å². The maximum absolute atomic E-state index is 13.1. The van der Waals surface area contributed by atoms with E-state index in [-0.39, 0.29) is 6.03 Å². The number of urea groups is 1. The Labute approximate surface area is 153 Å². The van der Waals surface area contributed by atoms with Gasteiger partial charge in [-0.2, -0.15) is 0 Å². The third-order valence-electron chi connectivity index (χ3n) is 4.10. The Balaban J connectivity index is 1.83. The molecule has 2 aromatic carbocycles. The van der Waals surface area contributed by atoms with Crippen molar-refractivity contribution < 1.29 is 4.79 Å². The number of aryl methyl sites for hydroxylation is 1. The first-order valence-corrected chi connectivity index (χ1v) is 8.51. The van der Waals surface area contributed by atoms with Gasteiger partial charge in [-0.25, -0.2) is 4.79 Å². The number of carbonyl (C=O) groups excluding carboxylic acids is 1. The van der Waals surface area contributed by atoms with E-state index in [9.17, 15) is 4.79 Å². The van der Waals surface area contributed by atoms with E-state index in [1.807, 2.05) is 61.5 Å². The number of nitrogens with zero attached hydrogens (tertiary/aromatic N) is 4. The van der Waals surface area contributed by atoms with Crippen molar-refractivity contribution in [1.29, 1.82) is 0 Å². The number of rotatable bonds is 5. The molecule has 0 spiro atoms. The Bertz CT molecular complexity index is 835. The summed E-state index contributed by atoms with van der Waals surface area (Å²) in [6.07, 6.45) is 4.94. The van der Waals surface area contributed by atoms with Gasteiger partial charge in [0.1, 0.15) is 0 Å². The van der Waals surface area contributed by atoms with Gasteiger partial charge in [-0.3, -0.25) is 14.9 Å². The first kappa shape index (κ1) is 17.6. The van der Waals surface area contributed by atoms with E-state index in [1.54, 1.807) is 35.4 Å². The molecule has 0 aliphatic heterocycles. The van der Waals surface area contributed by atoms with Crippen LogP contribution in [0, 0.1) is 6.92 Å². The van der Waals surface area contributed by atoms with Crippen LogP contribution in [0.15, 0.2) is 73.2 Å². The lowest BCUT2D eigenvalue weighted by Crippen LogP contribution is -2.40. The molecule has 0 radical (unpaired) electrons. The van der Waals surface area contributed by atoms with Crippen LogP contribution in [0.2, 0.25) is 0 Å². The molecule has 1 aromatic heterocycles. The first-order valence-electron chi connectivity index (χ1n) is 8.51. The standard InChI is InChI=1S/C21H22N4O/c1-17-8-10-20(11-9-17)25(15-18-6-4-3-5-7-18)21(26)24(2)16-19-14-22-12-13-23-19/h3-14H,15-16H2,1-2H3. The average molecular weight is 346 g/mol. The molecule has 0 unspecified atom stereocenters. The summed E-state index contributed by atoms with van der Waals surface area (Å²) >= 11 is 0. The van der Waals surface area contributed by atoms with Gasteiger partial charge in [-0.15, -0.1) is 0 Å². The highest BCUT2D eigenvalue weighted by molar-refractivity contribution is 5.91. The van der Waals surface area contributed by atoms with Gasteiger partial charge in [0.15, 0.2) is 0 Å². The predicted octanol–water partition coefficient (Wildman–Crippen LogP) is 4.04. The Hall–Kier alpha value is -3.21. The minimum absolute atomic E-state index is 0.0802. The molecule has 132 valence electrons. The zero-order chi connectivity index (χ0) is 18.4. The molecule has 2 amide bonds. The number of aromatic nitrogens is 2. The minimum atomic E-state index is -0.0802. The summed E-state index contributed by atoms with van der Waals surface area (Å²) in [7, 11) is 1.78. The van der Waals surface area contributed by atoms with Gasteiger partial charge < -0.3 is 4.90 Å². The molecular weight excluding hydrogens is 324 g/mol. The van der Waals surface area contributed by atoms with Crippen LogP contribution in [-0.2, 0) is 13.1 Å². The molecule has 3 aromatic rings. The smallest absolute Gasteiger partial charge is 0.321 e. The molecule has 0 aliphatic rings. The fourth-order valence-corrected chi connectivity index (χ4v) is 2.69. The van der Waals surface area contributed by atoms with Crippen molar-refractivity contribution in [3.8, 4) is 0 Å². The summed E-state index contributed by atoms with van der Waals surface area (Å²) in [5.74, 6) is 0. The van der Waals surface area contributed by atoms with Gasteiger partial charge in [-0.1, -0.05) is 48.0 Å². The third-order valence-corrected chi connectivity index (χ3v) is 4.10. The van der Waals surface area contributed by atoms with Crippen LogP contribution in [0.1, 0.15) is 16.8 Å². The number of carbonyl (C=O) groups is 1. The predicted molar refractivity (Wildman–Crippen MR) is 103 cm³/mol. The molecule has 0 saturated carbocycles. The van der Waals surface area contributed by atoms with Gasteiger partial charge in [0, 0.05) is 25.1 Å². The maximum Gasteiger partial charge on any atom is 0.324 e. The number of hydrogen-bond donors (Lipinski definition) is 0. The van der Waals surface area contributed by atoms with Crippen molar-refractivity contribution in [2.75, 3.05) is 11.9 Å². The van der Waals surface area contributed by atoms with Gasteiger partial charge in [0.05, 0.1) is 25.0 Å². The second-order valence-electron chi connectivity index (χ2n) is 6.24. The average Bonchev–Trinajstić information content (AvgIpc) is 2.68. The maximum atomic E-state index is 13.1. The second kappa shape index (κ2) is 8.25. The second-order valence-corrected chi connectivity index (χ2v) is 6.24. The minimum Gasteiger partial charge on any atom is -0.321 e. The van der Waals surface area contributed by atoms with Crippen molar-refractivity contribution in [2.24, 2.45) is 0 Å². The fourth-order valence-electron chi connectivity index (χ4n) is 2.69. The quantitative estimate of drug-likeness (QED) is 0.700. The Morgan fingerprint density at radius 3 is 2.35 bits per heavy atom. The SMILES string of the molecule is Cc1ccc(N(Cc2ccccc2)C(=O)N(C)Cc2cnccn2)cc1. The molecule has 0 fully saturated rings. The lowest BCUT2D eigenvalue weighted by atomic mass is 10.1. The number of amides is 2. The van der Waals surface area contributed by atoms with Crippen LogP contribution < -0.4 is 4.90 Å². The summed E-state index contributed by atoms with van der Waals surface area (Å²) in [5, 5.41) is 0. The fraction of sp³-hybridized carbons (Fsp3) is 0.190. The number of anilines is 1. The van der Waals surface area contributed by atoms with Crippen molar-refractivity contribution in [1.82, 2.24) is 14.9 Å². The lowest BCUT2D eigenvalue weighted by molar-refractivity contribution is 0.212. The van der Waals surface area contributed by atoms with Crippen LogP contribution in [0.4, 0.5) is 10.5 Å². The largest absolute Gasteiger partial charge is 0.324 e. The summed E-state index contributed by atoms with van der Waals surface area (Å²) in [4.78, 5) is 24.9. The Morgan fingerprint density at radius 1 is 0.962 bits per heavy atom. The van der Waals surface area contributed by atoms with Crippen LogP contribution in [0.5, 0.6) is 0 Å². The molecule has 5 heteroatoms. The molecule has 5 nitrogen and oxygen atoms in total. The molecule has 0 saturated heterocycles.